The quantitative estimate of drug-likeness (QED) is 0.298. The van der Waals surface area contributed by atoms with E-state index in [-0.39, 0.29) is 30.2 Å². The molecule has 1 heterocycles. The molecule has 162 valence electrons. The number of nitro groups is 1. The van der Waals surface area contributed by atoms with Crippen LogP contribution in [0.2, 0.25) is 0 Å². The van der Waals surface area contributed by atoms with E-state index in [4.69, 9.17) is 9.47 Å². The Morgan fingerprint density at radius 3 is 2.61 bits per heavy atom. The number of nitrogens with one attached hydrogen (secondary N) is 2. The predicted octanol–water partition coefficient (Wildman–Crippen LogP) is 1.97. The van der Waals surface area contributed by atoms with Gasteiger partial charge in [-0.15, -0.1) is 0 Å². The number of anilines is 1. The van der Waals surface area contributed by atoms with Gasteiger partial charge in [-0.2, -0.15) is 0 Å². The largest absolute Gasteiger partial charge is 0.465 e. The first-order valence-electron chi connectivity index (χ1n) is 9.55. The molecule has 0 fully saturated rings. The van der Waals surface area contributed by atoms with Crippen molar-refractivity contribution in [2.45, 2.75) is 31.9 Å². The fraction of sp³-hybridized carbons (Fsp3) is 0.286. The van der Waals surface area contributed by atoms with Crippen LogP contribution in [0.4, 0.5) is 11.4 Å². The van der Waals surface area contributed by atoms with E-state index in [1.54, 1.807) is 31.2 Å². The van der Waals surface area contributed by atoms with Crippen LogP contribution >= 0.6 is 0 Å². The normalized spacial score (nSPS) is 18.1. The zero-order chi connectivity index (χ0) is 22.6. The van der Waals surface area contributed by atoms with E-state index in [9.17, 15) is 24.5 Å². The van der Waals surface area contributed by atoms with E-state index in [1.807, 2.05) is 6.07 Å². The summed E-state index contributed by atoms with van der Waals surface area (Å²) in [6.07, 6.45) is 0.144. The third-order valence-corrected chi connectivity index (χ3v) is 4.76. The van der Waals surface area contributed by atoms with Crippen molar-refractivity contribution in [3.05, 3.63) is 64.2 Å². The molecule has 0 aromatic heterocycles. The predicted molar refractivity (Wildman–Crippen MR) is 109 cm³/mol. The number of hydrogen-bond donors (Lipinski definition) is 2. The Bertz CT molecular complexity index is 1020. The summed E-state index contributed by atoms with van der Waals surface area (Å²) in [5.74, 6) is -2.33. The molecule has 10 nitrogen and oxygen atoms in total. The summed E-state index contributed by atoms with van der Waals surface area (Å²) < 4.78 is 10.6. The second kappa shape index (κ2) is 8.82. The summed E-state index contributed by atoms with van der Waals surface area (Å²) in [6, 6.07) is 11.6. The van der Waals surface area contributed by atoms with Gasteiger partial charge in [-0.1, -0.05) is 30.3 Å². The van der Waals surface area contributed by atoms with Gasteiger partial charge in [0.25, 0.3) is 23.1 Å². The lowest BCUT2D eigenvalue weighted by Gasteiger charge is -2.34. The standard InChI is InChI=1S/C21H21N3O7/c1-3-30-18(25)16(11-13-7-5-4-6-8-13)23-20(27)21(2)19(26)22-15-10-9-14(24(28)29)12-17(15)31-21/h4-10,12,16H,3,11H2,1-2H3,(H,22,26)(H,23,27). The molecule has 2 atom stereocenters. The second-order valence-corrected chi connectivity index (χ2v) is 6.99. The number of esters is 1. The summed E-state index contributed by atoms with van der Waals surface area (Å²) in [6.45, 7) is 2.98. The molecule has 0 aliphatic carbocycles. The SMILES string of the molecule is CCOC(=O)C(Cc1ccccc1)NC(=O)C1(C)Oc2cc([N+](=O)[O-])ccc2NC1=O. The molecule has 2 unspecified atom stereocenters. The number of rotatable bonds is 7. The number of benzene rings is 2. The van der Waals surface area contributed by atoms with Crippen molar-refractivity contribution in [3.63, 3.8) is 0 Å². The van der Waals surface area contributed by atoms with Gasteiger partial charge in [0.1, 0.15) is 6.04 Å². The average Bonchev–Trinajstić information content (AvgIpc) is 2.74. The van der Waals surface area contributed by atoms with Crippen LogP contribution in [0.15, 0.2) is 48.5 Å². The maximum absolute atomic E-state index is 13.0. The van der Waals surface area contributed by atoms with Gasteiger partial charge in [-0.3, -0.25) is 19.7 Å². The molecular formula is C21H21N3O7. The monoisotopic (exact) mass is 427 g/mol. The lowest BCUT2D eigenvalue weighted by atomic mass is 9.99. The van der Waals surface area contributed by atoms with Gasteiger partial charge in [0, 0.05) is 12.5 Å². The van der Waals surface area contributed by atoms with Gasteiger partial charge >= 0.3 is 5.97 Å². The molecule has 31 heavy (non-hydrogen) atoms. The highest BCUT2D eigenvalue weighted by Gasteiger charge is 2.48. The molecule has 10 heteroatoms. The fourth-order valence-electron chi connectivity index (χ4n) is 3.05. The highest BCUT2D eigenvalue weighted by atomic mass is 16.6. The Labute approximate surface area is 177 Å². The molecule has 2 N–H and O–H groups in total. The van der Waals surface area contributed by atoms with Crippen molar-refractivity contribution in [1.29, 1.82) is 0 Å². The van der Waals surface area contributed by atoms with Crippen LogP contribution in [0, 0.1) is 10.1 Å². The summed E-state index contributed by atoms with van der Waals surface area (Å²) in [5, 5.41) is 16.1. The van der Waals surface area contributed by atoms with E-state index in [2.05, 4.69) is 10.6 Å². The van der Waals surface area contributed by atoms with Crippen LogP contribution in [0.25, 0.3) is 0 Å². The van der Waals surface area contributed by atoms with Gasteiger partial charge in [0.2, 0.25) is 0 Å². The molecule has 3 rings (SSSR count). The number of carbonyl (C=O) groups excluding carboxylic acids is 3. The summed E-state index contributed by atoms with van der Waals surface area (Å²) in [7, 11) is 0. The molecule has 1 aliphatic rings. The molecule has 0 saturated carbocycles. The van der Waals surface area contributed by atoms with Gasteiger partial charge in [0.05, 0.1) is 23.3 Å². The number of carbonyl (C=O) groups is 3. The van der Waals surface area contributed by atoms with E-state index < -0.39 is 34.3 Å². The fourth-order valence-corrected chi connectivity index (χ4v) is 3.05. The molecule has 0 spiro atoms. The van der Waals surface area contributed by atoms with Gasteiger partial charge in [0.15, 0.2) is 5.75 Å². The Morgan fingerprint density at radius 1 is 1.26 bits per heavy atom. The molecular weight excluding hydrogens is 406 g/mol. The van der Waals surface area contributed by atoms with Crippen LogP contribution in [0.1, 0.15) is 19.4 Å². The number of nitrogens with zero attached hydrogens (tertiary/aromatic N) is 1. The van der Waals surface area contributed by atoms with Crippen LogP contribution in [0.3, 0.4) is 0 Å². The van der Waals surface area contributed by atoms with Gasteiger partial charge in [-0.05, 0) is 25.5 Å². The van der Waals surface area contributed by atoms with E-state index >= 15 is 0 Å². The number of fused-ring (bicyclic) bond motifs is 1. The minimum Gasteiger partial charge on any atom is -0.465 e. The van der Waals surface area contributed by atoms with Crippen LogP contribution in [0.5, 0.6) is 5.75 Å². The molecule has 0 saturated heterocycles. The maximum Gasteiger partial charge on any atom is 0.328 e. The molecule has 2 aromatic rings. The smallest absolute Gasteiger partial charge is 0.328 e. The van der Waals surface area contributed by atoms with Crippen LogP contribution in [-0.4, -0.2) is 41.0 Å². The maximum atomic E-state index is 13.0. The average molecular weight is 427 g/mol. The number of ether oxygens (including phenoxy) is 2. The highest BCUT2D eigenvalue weighted by molar-refractivity contribution is 6.15. The number of hydrogen-bond acceptors (Lipinski definition) is 7. The first-order valence-corrected chi connectivity index (χ1v) is 9.55. The van der Waals surface area contributed by atoms with Crippen molar-refractivity contribution in [2.75, 3.05) is 11.9 Å². The second-order valence-electron chi connectivity index (χ2n) is 6.99. The zero-order valence-corrected chi connectivity index (χ0v) is 16.9. The van der Waals surface area contributed by atoms with Gasteiger partial charge in [-0.25, -0.2) is 4.79 Å². The zero-order valence-electron chi connectivity index (χ0n) is 16.9. The minimum absolute atomic E-state index is 0.0257. The summed E-state index contributed by atoms with van der Waals surface area (Å²) in [5.41, 5.74) is -1.33. The van der Waals surface area contributed by atoms with Crippen molar-refractivity contribution >= 4 is 29.2 Å². The Morgan fingerprint density at radius 2 is 1.97 bits per heavy atom. The number of nitro benzene ring substituents is 1. The van der Waals surface area contributed by atoms with Crippen molar-refractivity contribution in [1.82, 2.24) is 5.32 Å². The van der Waals surface area contributed by atoms with Crippen molar-refractivity contribution in [3.8, 4) is 5.75 Å². The van der Waals surface area contributed by atoms with E-state index in [0.717, 1.165) is 11.6 Å². The number of non-ortho nitro benzene ring substituents is 1. The summed E-state index contributed by atoms with van der Waals surface area (Å²) in [4.78, 5) is 48.5. The molecule has 2 aromatic carbocycles. The van der Waals surface area contributed by atoms with Crippen molar-refractivity contribution in [2.24, 2.45) is 0 Å². The highest BCUT2D eigenvalue weighted by Crippen LogP contribution is 2.36. The summed E-state index contributed by atoms with van der Waals surface area (Å²) >= 11 is 0. The molecule has 0 radical (unpaired) electrons. The van der Waals surface area contributed by atoms with E-state index in [0.29, 0.717) is 0 Å². The first-order chi connectivity index (χ1) is 14.7. The lowest BCUT2D eigenvalue weighted by Crippen LogP contribution is -2.61. The lowest BCUT2D eigenvalue weighted by molar-refractivity contribution is -0.385. The third kappa shape index (κ3) is 4.63. The van der Waals surface area contributed by atoms with Crippen LogP contribution < -0.4 is 15.4 Å². The van der Waals surface area contributed by atoms with E-state index in [1.165, 1.54) is 19.1 Å². The van der Waals surface area contributed by atoms with Crippen LogP contribution in [-0.2, 0) is 25.5 Å². The molecule has 0 bridgehead atoms. The molecule has 1 aliphatic heterocycles. The molecule has 2 amide bonds. The third-order valence-electron chi connectivity index (χ3n) is 4.76. The number of amides is 2. The minimum atomic E-state index is -2.05. The Kier molecular flexibility index (Phi) is 6.19. The Hall–Kier alpha value is -3.95. The van der Waals surface area contributed by atoms with Gasteiger partial charge < -0.3 is 20.1 Å². The topological polar surface area (TPSA) is 137 Å². The van der Waals surface area contributed by atoms with Crippen molar-refractivity contribution < 1.29 is 28.8 Å². The Balaban J connectivity index is 1.84. The first kappa shape index (κ1) is 21.8.